The number of hydrogen-bond acceptors (Lipinski definition) is 8. The van der Waals surface area contributed by atoms with E-state index in [0.29, 0.717) is 5.56 Å². The maximum atomic E-state index is 13.1. The Kier molecular flexibility index (Phi) is 11.6. The first-order valence-electron chi connectivity index (χ1n) is 12.4. The van der Waals surface area contributed by atoms with Crippen LogP contribution < -0.4 is 27.4 Å². The summed E-state index contributed by atoms with van der Waals surface area (Å²) in [6, 6.07) is 1.42. The van der Waals surface area contributed by atoms with Gasteiger partial charge in [-0.25, -0.2) is 4.79 Å². The van der Waals surface area contributed by atoms with Crippen LogP contribution in [0.25, 0.3) is 10.9 Å². The van der Waals surface area contributed by atoms with Crippen LogP contribution in [-0.2, 0) is 35.2 Å². The minimum absolute atomic E-state index is 0.0951. The van der Waals surface area contributed by atoms with Gasteiger partial charge in [0.15, 0.2) is 0 Å². The highest BCUT2D eigenvalue weighted by Crippen LogP contribution is 2.19. The van der Waals surface area contributed by atoms with Crippen LogP contribution in [0.4, 0.5) is 0 Å². The third kappa shape index (κ3) is 9.36. The molecular formula is C25H34N6O9. The van der Waals surface area contributed by atoms with Gasteiger partial charge in [0, 0.05) is 36.4 Å². The Balaban J connectivity index is 2.17. The summed E-state index contributed by atoms with van der Waals surface area (Å²) in [6.07, 6.45) is -1.22. The van der Waals surface area contributed by atoms with Crippen molar-refractivity contribution in [2.75, 3.05) is 0 Å². The highest BCUT2D eigenvalue weighted by molar-refractivity contribution is 5.95. The van der Waals surface area contributed by atoms with Crippen molar-refractivity contribution in [3.63, 3.8) is 0 Å². The maximum absolute atomic E-state index is 13.1. The molecule has 5 unspecified atom stereocenters. The van der Waals surface area contributed by atoms with Gasteiger partial charge >= 0.3 is 11.9 Å². The molecule has 5 atom stereocenters. The van der Waals surface area contributed by atoms with E-state index in [2.05, 4.69) is 20.9 Å². The summed E-state index contributed by atoms with van der Waals surface area (Å²) in [7, 11) is 0. The van der Waals surface area contributed by atoms with E-state index in [1.807, 2.05) is 0 Å². The molecule has 0 aliphatic rings. The molecule has 0 bridgehead atoms. The Morgan fingerprint density at radius 2 is 1.55 bits per heavy atom. The fourth-order valence-electron chi connectivity index (χ4n) is 3.89. The number of carbonyl (C=O) groups is 6. The molecule has 0 saturated carbocycles. The van der Waals surface area contributed by atoms with Gasteiger partial charge < -0.3 is 47.7 Å². The number of nitrogens with one attached hydrogen (secondary N) is 4. The van der Waals surface area contributed by atoms with Gasteiger partial charge in [-0.05, 0) is 31.4 Å². The number of carbonyl (C=O) groups excluding carboxylic acids is 4. The lowest BCUT2D eigenvalue weighted by molar-refractivity contribution is -0.142. The minimum atomic E-state index is -1.60. The summed E-state index contributed by atoms with van der Waals surface area (Å²) >= 11 is 0. The van der Waals surface area contributed by atoms with Gasteiger partial charge in [0.25, 0.3) is 0 Å². The number of hydrogen-bond donors (Lipinski definition) is 9. The molecule has 40 heavy (non-hydrogen) atoms. The van der Waals surface area contributed by atoms with Gasteiger partial charge in [-0.1, -0.05) is 18.2 Å². The number of aromatic nitrogens is 1. The fourth-order valence-corrected chi connectivity index (χ4v) is 3.89. The molecule has 11 N–H and O–H groups in total. The summed E-state index contributed by atoms with van der Waals surface area (Å²) in [5.41, 5.74) is 12.2. The summed E-state index contributed by atoms with van der Waals surface area (Å²) in [5, 5.41) is 36.2. The number of para-hydroxylation sites is 1. The molecule has 0 aliphatic carbocycles. The molecule has 2 rings (SSSR count). The molecule has 0 radical (unpaired) electrons. The van der Waals surface area contributed by atoms with Crippen LogP contribution >= 0.6 is 0 Å². The number of carboxylic acid groups (broad SMARTS) is 2. The molecule has 15 heteroatoms. The third-order valence-electron chi connectivity index (χ3n) is 6.09. The predicted molar refractivity (Wildman–Crippen MR) is 140 cm³/mol. The van der Waals surface area contributed by atoms with E-state index in [1.165, 1.54) is 6.92 Å². The fraction of sp³-hybridized carbons (Fsp3) is 0.440. The zero-order valence-electron chi connectivity index (χ0n) is 21.8. The van der Waals surface area contributed by atoms with Crippen molar-refractivity contribution < 1.29 is 44.1 Å². The Bertz CT molecular complexity index is 1240. The first kappa shape index (κ1) is 31.7. The summed E-state index contributed by atoms with van der Waals surface area (Å²) in [4.78, 5) is 75.5. The van der Waals surface area contributed by atoms with Crippen LogP contribution in [0.5, 0.6) is 0 Å². The van der Waals surface area contributed by atoms with Crippen molar-refractivity contribution >= 4 is 46.5 Å². The second-order valence-corrected chi connectivity index (χ2v) is 9.29. The SMILES string of the molecule is CC(O)C(NC(=O)C(N)CCC(=O)O)C(=O)NC(CCC(N)=O)C(=O)NC(Cc1c[nH]c2ccccc12)C(=O)O. The highest BCUT2D eigenvalue weighted by Gasteiger charge is 2.33. The minimum Gasteiger partial charge on any atom is -0.481 e. The molecule has 0 fully saturated rings. The summed E-state index contributed by atoms with van der Waals surface area (Å²) in [5.74, 6) is -6.18. The second-order valence-electron chi connectivity index (χ2n) is 9.29. The van der Waals surface area contributed by atoms with Gasteiger partial charge in [0.05, 0.1) is 12.1 Å². The molecule has 218 valence electrons. The highest BCUT2D eigenvalue weighted by atomic mass is 16.4. The topological polar surface area (TPSA) is 267 Å². The standard InChI is InChI=1S/C25H34N6O9/c1-12(32)21(31-22(36)15(26)6-9-20(34)35)24(38)29-17(7-8-19(27)33)23(37)30-18(25(39)40)10-13-11-28-16-5-3-2-4-14(13)16/h2-5,11-12,15,17-18,21,28,32H,6-10,26H2,1H3,(H2,27,33)(H,29,38)(H,30,37)(H,31,36)(H,34,35)(H,39,40). The number of fused-ring (bicyclic) bond motifs is 1. The number of aliphatic hydroxyl groups excluding tert-OH is 1. The monoisotopic (exact) mass is 562 g/mol. The van der Waals surface area contributed by atoms with E-state index >= 15 is 0 Å². The number of aliphatic carboxylic acids is 2. The van der Waals surface area contributed by atoms with Crippen molar-refractivity contribution in [1.29, 1.82) is 0 Å². The lowest BCUT2D eigenvalue weighted by atomic mass is 10.0. The smallest absolute Gasteiger partial charge is 0.326 e. The van der Waals surface area contributed by atoms with Gasteiger partial charge in [0.2, 0.25) is 23.6 Å². The van der Waals surface area contributed by atoms with Gasteiger partial charge in [-0.15, -0.1) is 0 Å². The summed E-state index contributed by atoms with van der Waals surface area (Å²) < 4.78 is 0. The summed E-state index contributed by atoms with van der Waals surface area (Å²) in [6.45, 7) is 1.19. The van der Waals surface area contributed by atoms with Crippen LogP contribution in [-0.4, -0.2) is 86.1 Å². The predicted octanol–water partition coefficient (Wildman–Crippen LogP) is -1.91. The number of nitrogens with two attached hydrogens (primary N) is 2. The average molecular weight is 563 g/mol. The molecule has 0 saturated heterocycles. The number of rotatable bonds is 16. The molecule has 1 aromatic carbocycles. The zero-order chi connectivity index (χ0) is 30.0. The average Bonchev–Trinajstić information content (AvgIpc) is 3.29. The van der Waals surface area contributed by atoms with Crippen LogP contribution in [0, 0.1) is 0 Å². The lowest BCUT2D eigenvalue weighted by Crippen LogP contribution is -2.60. The van der Waals surface area contributed by atoms with Gasteiger partial charge in [-0.2, -0.15) is 0 Å². The van der Waals surface area contributed by atoms with Gasteiger partial charge in [-0.3, -0.25) is 24.0 Å². The van der Waals surface area contributed by atoms with E-state index in [0.717, 1.165) is 10.9 Å². The first-order chi connectivity index (χ1) is 18.8. The number of amides is 4. The van der Waals surface area contributed by atoms with Crippen LogP contribution in [0.2, 0.25) is 0 Å². The number of primary amides is 1. The number of aromatic amines is 1. The second kappa shape index (κ2) is 14.6. The molecule has 0 spiro atoms. The largest absolute Gasteiger partial charge is 0.481 e. The Morgan fingerprint density at radius 3 is 2.15 bits per heavy atom. The Hall–Kier alpha value is -4.50. The third-order valence-corrected chi connectivity index (χ3v) is 6.09. The van der Waals surface area contributed by atoms with E-state index in [-0.39, 0.29) is 25.7 Å². The van der Waals surface area contributed by atoms with Crippen molar-refractivity contribution in [1.82, 2.24) is 20.9 Å². The molecule has 4 amide bonds. The molecular weight excluding hydrogens is 528 g/mol. The normalized spacial score (nSPS) is 14.8. The van der Waals surface area contributed by atoms with Crippen molar-refractivity contribution in [2.24, 2.45) is 11.5 Å². The number of H-pyrrole nitrogens is 1. The van der Waals surface area contributed by atoms with E-state index < -0.39 is 72.3 Å². The van der Waals surface area contributed by atoms with Gasteiger partial charge in [0.1, 0.15) is 18.1 Å². The molecule has 0 aliphatic heterocycles. The zero-order valence-corrected chi connectivity index (χ0v) is 21.8. The molecule has 1 heterocycles. The van der Waals surface area contributed by atoms with E-state index in [4.69, 9.17) is 16.6 Å². The number of aliphatic hydroxyl groups is 1. The number of benzene rings is 1. The quantitative estimate of drug-likeness (QED) is 0.109. The van der Waals surface area contributed by atoms with E-state index in [1.54, 1.807) is 30.5 Å². The maximum Gasteiger partial charge on any atom is 0.326 e. The Morgan fingerprint density at radius 1 is 0.900 bits per heavy atom. The van der Waals surface area contributed by atoms with Crippen LogP contribution in [0.1, 0.15) is 38.2 Å². The Labute approximate surface area is 228 Å². The van der Waals surface area contributed by atoms with Crippen LogP contribution in [0.3, 0.4) is 0 Å². The van der Waals surface area contributed by atoms with Crippen molar-refractivity contribution in [3.05, 3.63) is 36.0 Å². The molecule has 2 aromatic rings. The lowest BCUT2D eigenvalue weighted by Gasteiger charge is -2.26. The van der Waals surface area contributed by atoms with Crippen molar-refractivity contribution in [2.45, 2.75) is 69.3 Å². The molecule has 15 nitrogen and oxygen atoms in total. The van der Waals surface area contributed by atoms with Crippen LogP contribution in [0.15, 0.2) is 30.5 Å². The van der Waals surface area contributed by atoms with Crippen molar-refractivity contribution in [3.8, 4) is 0 Å². The first-order valence-corrected chi connectivity index (χ1v) is 12.4. The van der Waals surface area contributed by atoms with E-state index in [9.17, 15) is 39.0 Å². The number of carboxylic acids is 2. The molecule has 1 aromatic heterocycles.